The van der Waals surface area contributed by atoms with E-state index in [-0.39, 0.29) is 37.0 Å². The van der Waals surface area contributed by atoms with Crippen molar-refractivity contribution in [2.75, 3.05) is 20.3 Å². The molecule has 0 amide bonds. The van der Waals surface area contributed by atoms with Crippen molar-refractivity contribution in [2.45, 2.75) is 62.3 Å². The van der Waals surface area contributed by atoms with Gasteiger partial charge in [0.05, 0.1) is 13.7 Å². The lowest BCUT2D eigenvalue weighted by Gasteiger charge is -2.48. The lowest BCUT2D eigenvalue weighted by Crippen LogP contribution is -2.62. The molecule has 206 valence electrons. The quantitative estimate of drug-likeness (QED) is 0.225. The van der Waals surface area contributed by atoms with Crippen LogP contribution in [0.4, 0.5) is 0 Å². The van der Waals surface area contributed by atoms with Gasteiger partial charge in [0.1, 0.15) is 42.7 Å². The molecule has 1 N–H and O–H groups in total. The predicted molar refractivity (Wildman–Crippen MR) is 145 cm³/mol. The minimum Gasteiger partial charge on any atom is -0.482 e. The number of epoxide rings is 1. The highest BCUT2D eigenvalue weighted by Gasteiger charge is 2.72. The largest absolute Gasteiger partial charge is 0.482 e. The van der Waals surface area contributed by atoms with Gasteiger partial charge in [0.25, 0.3) is 0 Å². The third-order valence-corrected chi connectivity index (χ3v) is 9.74. The summed E-state index contributed by atoms with van der Waals surface area (Å²) in [6.45, 7) is 2.74. The SMILES string of the molecule is CCOC(=O)COc1cccc(C[N@+]2(C)[C@@H]3C[C@@H](OC(=O)C(O)(c4ccsc4)c4ccsc4)C[C@H]2[C@@H]2O[C@@H]23)c1. The molecule has 2 aromatic heterocycles. The van der Waals surface area contributed by atoms with Gasteiger partial charge in [0.2, 0.25) is 5.60 Å². The van der Waals surface area contributed by atoms with Crippen LogP contribution in [0.15, 0.2) is 57.9 Å². The van der Waals surface area contributed by atoms with Gasteiger partial charge in [-0.15, -0.1) is 0 Å². The molecule has 1 aromatic carbocycles. The standard InChI is InChI=1S/C29H32NO7S2/c1-3-34-25(31)15-35-21-6-4-5-18(11-21)14-30(2)23-12-22(13-24(30)27-26(23)37-27)36-28(32)29(33,19-7-9-38-16-19)20-8-10-39-17-20/h4-11,16-17,22-24,26-27,33H,3,12-15H2,1-2H3/q+1/t22-,23-,24+,26-,27+,30-. The number of esters is 2. The fourth-order valence-corrected chi connectivity index (χ4v) is 7.84. The Balaban J connectivity index is 1.15. The number of fused-ring (bicyclic) bond motifs is 5. The van der Waals surface area contributed by atoms with E-state index < -0.39 is 17.5 Å². The molecule has 0 spiro atoms. The van der Waals surface area contributed by atoms with E-state index in [9.17, 15) is 14.7 Å². The molecule has 3 fully saturated rings. The third kappa shape index (κ3) is 4.78. The molecule has 6 rings (SSSR count). The van der Waals surface area contributed by atoms with Gasteiger partial charge < -0.3 is 28.5 Å². The molecule has 2 bridgehead atoms. The van der Waals surface area contributed by atoms with Crippen LogP contribution in [-0.2, 0) is 35.9 Å². The maximum Gasteiger partial charge on any atom is 0.348 e. The summed E-state index contributed by atoms with van der Waals surface area (Å²) in [6.07, 6.45) is 1.35. The zero-order chi connectivity index (χ0) is 27.2. The van der Waals surface area contributed by atoms with Crippen molar-refractivity contribution in [3.05, 3.63) is 74.6 Å². The number of carbonyl (C=O) groups excluding carboxylic acids is 2. The molecule has 0 aliphatic carbocycles. The van der Waals surface area contributed by atoms with Crippen LogP contribution in [0.1, 0.15) is 36.5 Å². The lowest BCUT2D eigenvalue weighted by molar-refractivity contribution is -0.968. The van der Waals surface area contributed by atoms with E-state index in [1.54, 1.807) is 29.8 Å². The summed E-state index contributed by atoms with van der Waals surface area (Å²) in [5, 5.41) is 18.9. The molecular formula is C29H32NO7S2+. The van der Waals surface area contributed by atoms with Gasteiger partial charge in [-0.05, 0) is 52.7 Å². The van der Waals surface area contributed by atoms with E-state index in [4.69, 9.17) is 18.9 Å². The molecule has 3 aliphatic rings. The molecule has 3 aromatic rings. The van der Waals surface area contributed by atoms with Crippen LogP contribution in [0.3, 0.4) is 0 Å². The summed E-state index contributed by atoms with van der Waals surface area (Å²) >= 11 is 2.87. The molecule has 3 aliphatic heterocycles. The first-order chi connectivity index (χ1) is 18.8. The second kappa shape index (κ2) is 10.3. The number of nitrogens with zero attached hydrogens (tertiary/aromatic N) is 1. The normalized spacial score (nSPS) is 28.9. The van der Waals surface area contributed by atoms with E-state index in [1.807, 2.05) is 29.0 Å². The smallest absolute Gasteiger partial charge is 0.348 e. The van der Waals surface area contributed by atoms with Crippen molar-refractivity contribution >= 4 is 34.6 Å². The summed E-state index contributed by atoms with van der Waals surface area (Å²) in [6, 6.07) is 11.7. The summed E-state index contributed by atoms with van der Waals surface area (Å²) in [5.74, 6) is -0.384. The molecule has 0 unspecified atom stereocenters. The number of likely N-dealkylation sites (N-methyl/N-ethyl adjacent to an activating group) is 1. The molecule has 5 heterocycles. The maximum atomic E-state index is 13.6. The number of carbonyl (C=O) groups is 2. The van der Waals surface area contributed by atoms with Crippen LogP contribution in [0.25, 0.3) is 0 Å². The van der Waals surface area contributed by atoms with E-state index >= 15 is 0 Å². The predicted octanol–water partition coefficient (Wildman–Crippen LogP) is 3.86. The number of aliphatic hydroxyl groups is 1. The van der Waals surface area contributed by atoms with Crippen molar-refractivity contribution < 1.29 is 38.1 Å². The number of rotatable bonds is 10. The minimum atomic E-state index is -1.82. The van der Waals surface area contributed by atoms with Crippen LogP contribution >= 0.6 is 22.7 Å². The number of quaternary nitrogens is 1. The highest BCUT2D eigenvalue weighted by atomic mass is 32.1. The third-order valence-electron chi connectivity index (χ3n) is 8.37. The van der Waals surface area contributed by atoms with Gasteiger partial charge in [0, 0.05) is 29.5 Å². The number of piperidine rings is 1. The Morgan fingerprint density at radius 2 is 1.74 bits per heavy atom. The van der Waals surface area contributed by atoms with Crippen LogP contribution in [0, 0.1) is 0 Å². The maximum absolute atomic E-state index is 13.6. The lowest BCUT2D eigenvalue weighted by atomic mass is 9.89. The van der Waals surface area contributed by atoms with Gasteiger partial charge in [-0.1, -0.05) is 12.1 Å². The Labute approximate surface area is 235 Å². The molecule has 6 atom stereocenters. The van der Waals surface area contributed by atoms with Crippen molar-refractivity contribution in [3.63, 3.8) is 0 Å². The first-order valence-corrected chi connectivity index (χ1v) is 15.1. The van der Waals surface area contributed by atoms with Crippen LogP contribution < -0.4 is 4.74 Å². The van der Waals surface area contributed by atoms with Crippen LogP contribution in [0.5, 0.6) is 5.75 Å². The first kappa shape index (κ1) is 26.5. The fraction of sp³-hybridized carbons (Fsp3) is 0.448. The van der Waals surface area contributed by atoms with Crippen LogP contribution in [-0.4, -0.2) is 72.2 Å². The number of benzene rings is 1. The summed E-state index contributed by atoms with van der Waals surface area (Å²) in [5.41, 5.74) is 0.353. The van der Waals surface area contributed by atoms with Crippen molar-refractivity contribution in [2.24, 2.45) is 0 Å². The molecule has 39 heavy (non-hydrogen) atoms. The highest BCUT2D eigenvalue weighted by Crippen LogP contribution is 2.53. The van der Waals surface area contributed by atoms with Gasteiger partial charge >= 0.3 is 11.9 Å². The molecular weight excluding hydrogens is 538 g/mol. The van der Waals surface area contributed by atoms with E-state index in [0.29, 0.717) is 36.3 Å². The topological polar surface area (TPSA) is 94.6 Å². The number of hydrogen-bond donors (Lipinski definition) is 1. The number of thiophene rings is 2. The summed E-state index contributed by atoms with van der Waals surface area (Å²) < 4.78 is 23.5. The van der Waals surface area contributed by atoms with Crippen molar-refractivity contribution in [1.29, 1.82) is 0 Å². The molecule has 0 radical (unpaired) electrons. The Kier molecular flexibility index (Phi) is 7.01. The van der Waals surface area contributed by atoms with E-state index in [2.05, 4.69) is 13.1 Å². The summed E-state index contributed by atoms with van der Waals surface area (Å²) in [4.78, 5) is 25.2. The average Bonchev–Trinajstić information content (AvgIpc) is 3.25. The average molecular weight is 571 g/mol. The molecule has 3 saturated heterocycles. The Morgan fingerprint density at radius 1 is 1.08 bits per heavy atom. The summed E-state index contributed by atoms with van der Waals surface area (Å²) in [7, 11) is 2.25. The van der Waals surface area contributed by atoms with Gasteiger partial charge in [-0.2, -0.15) is 22.7 Å². The number of morpholine rings is 1. The molecule has 0 saturated carbocycles. The molecule has 8 nitrogen and oxygen atoms in total. The van der Waals surface area contributed by atoms with Crippen LogP contribution in [0.2, 0.25) is 0 Å². The monoisotopic (exact) mass is 570 g/mol. The van der Waals surface area contributed by atoms with Crippen molar-refractivity contribution in [1.82, 2.24) is 0 Å². The second-order valence-electron chi connectivity index (χ2n) is 10.7. The first-order valence-electron chi connectivity index (χ1n) is 13.2. The zero-order valence-corrected chi connectivity index (χ0v) is 23.5. The number of hydrogen-bond acceptors (Lipinski definition) is 9. The molecule has 10 heteroatoms. The van der Waals surface area contributed by atoms with E-state index in [1.165, 1.54) is 22.7 Å². The van der Waals surface area contributed by atoms with Gasteiger partial charge in [-0.3, -0.25) is 0 Å². The Hall–Kier alpha value is -2.76. The van der Waals surface area contributed by atoms with Crippen molar-refractivity contribution in [3.8, 4) is 5.75 Å². The number of ether oxygens (including phenoxy) is 4. The van der Waals surface area contributed by atoms with Gasteiger partial charge in [-0.25, -0.2) is 9.59 Å². The second-order valence-corrected chi connectivity index (χ2v) is 12.2. The Morgan fingerprint density at radius 3 is 2.33 bits per heavy atom. The minimum absolute atomic E-state index is 0.122. The highest BCUT2D eigenvalue weighted by molar-refractivity contribution is 7.08. The van der Waals surface area contributed by atoms with Gasteiger partial charge in [0.15, 0.2) is 6.61 Å². The van der Waals surface area contributed by atoms with E-state index in [0.717, 1.165) is 16.6 Å². The fourth-order valence-electron chi connectivity index (χ4n) is 6.44. The zero-order valence-electron chi connectivity index (χ0n) is 21.9. The Bertz CT molecular complexity index is 1270.